The molecule has 6 nitrogen and oxygen atoms in total. The van der Waals surface area contributed by atoms with Gasteiger partial charge < -0.3 is 4.57 Å². The van der Waals surface area contributed by atoms with Gasteiger partial charge >= 0.3 is 0 Å². The highest BCUT2D eigenvalue weighted by atomic mass is 32.2. The Morgan fingerprint density at radius 3 is 2.83 bits per heavy atom. The summed E-state index contributed by atoms with van der Waals surface area (Å²) in [6.07, 6.45) is 4.04. The number of aromatic nitrogens is 2. The van der Waals surface area contributed by atoms with E-state index in [1.54, 1.807) is 23.0 Å². The highest BCUT2D eigenvalue weighted by molar-refractivity contribution is 7.99. The van der Waals surface area contributed by atoms with Gasteiger partial charge in [-0.3, -0.25) is 14.9 Å². The summed E-state index contributed by atoms with van der Waals surface area (Å²) in [4.78, 5) is 25.8. The second-order valence-electron chi connectivity index (χ2n) is 3.52. The Labute approximate surface area is 107 Å². The summed E-state index contributed by atoms with van der Waals surface area (Å²) in [7, 11) is 1.83. The standard InChI is InChI=1S/C11H9N3O3S/c1-13-5-4-12-11(13)18-10-3-2-9(14(16)17)6-8(10)7-15/h2-7H,1H3. The van der Waals surface area contributed by atoms with Crippen LogP contribution in [-0.2, 0) is 7.05 Å². The van der Waals surface area contributed by atoms with Crippen LogP contribution in [0.5, 0.6) is 0 Å². The highest BCUT2D eigenvalue weighted by Gasteiger charge is 2.12. The van der Waals surface area contributed by atoms with Crippen molar-refractivity contribution in [1.29, 1.82) is 0 Å². The van der Waals surface area contributed by atoms with Crippen LogP contribution in [-0.4, -0.2) is 20.8 Å². The summed E-state index contributed by atoms with van der Waals surface area (Å²) < 4.78 is 1.81. The molecule has 1 aromatic carbocycles. The molecule has 0 bridgehead atoms. The molecule has 18 heavy (non-hydrogen) atoms. The lowest BCUT2D eigenvalue weighted by molar-refractivity contribution is -0.384. The number of carbonyl (C=O) groups is 1. The third-order valence-corrected chi connectivity index (χ3v) is 3.48. The number of hydrogen-bond donors (Lipinski definition) is 0. The van der Waals surface area contributed by atoms with Crippen molar-refractivity contribution in [3.05, 3.63) is 46.3 Å². The van der Waals surface area contributed by atoms with Crippen LogP contribution in [0.25, 0.3) is 0 Å². The van der Waals surface area contributed by atoms with Gasteiger partial charge in [0.2, 0.25) is 0 Å². The molecule has 0 atom stereocenters. The molecule has 92 valence electrons. The number of nitro groups is 1. The van der Waals surface area contributed by atoms with Crippen LogP contribution in [0.4, 0.5) is 5.69 Å². The van der Waals surface area contributed by atoms with Gasteiger partial charge in [-0.1, -0.05) is 11.8 Å². The fourth-order valence-electron chi connectivity index (χ4n) is 1.38. The maximum atomic E-state index is 11.0. The first-order chi connectivity index (χ1) is 8.61. The number of nitrogens with zero attached hydrogens (tertiary/aromatic N) is 3. The van der Waals surface area contributed by atoms with E-state index >= 15 is 0 Å². The molecule has 2 rings (SSSR count). The topological polar surface area (TPSA) is 78.0 Å². The fraction of sp³-hybridized carbons (Fsp3) is 0.0909. The molecule has 0 fully saturated rings. The lowest BCUT2D eigenvalue weighted by atomic mass is 10.2. The van der Waals surface area contributed by atoms with Gasteiger partial charge in [-0.15, -0.1) is 0 Å². The molecule has 1 heterocycles. The Hall–Kier alpha value is -2.15. The van der Waals surface area contributed by atoms with E-state index < -0.39 is 4.92 Å². The molecular weight excluding hydrogens is 254 g/mol. The molecule has 2 aromatic rings. The molecule has 0 aliphatic carbocycles. The first kappa shape index (κ1) is 12.3. The number of aryl methyl sites for hydroxylation is 1. The Bertz CT molecular complexity index is 609. The molecule has 0 saturated heterocycles. The lowest BCUT2D eigenvalue weighted by Gasteiger charge is -2.04. The lowest BCUT2D eigenvalue weighted by Crippen LogP contribution is -1.94. The van der Waals surface area contributed by atoms with E-state index in [4.69, 9.17) is 0 Å². The average molecular weight is 263 g/mol. The molecule has 0 spiro atoms. The quantitative estimate of drug-likeness (QED) is 0.480. The van der Waals surface area contributed by atoms with Crippen molar-refractivity contribution in [2.24, 2.45) is 7.05 Å². The monoisotopic (exact) mass is 263 g/mol. The van der Waals surface area contributed by atoms with Crippen LogP contribution in [0.3, 0.4) is 0 Å². The molecule has 0 aliphatic heterocycles. The molecule has 0 radical (unpaired) electrons. The highest BCUT2D eigenvalue weighted by Crippen LogP contribution is 2.30. The number of rotatable bonds is 4. The van der Waals surface area contributed by atoms with Crippen molar-refractivity contribution in [1.82, 2.24) is 9.55 Å². The van der Waals surface area contributed by atoms with Crippen molar-refractivity contribution in [3.8, 4) is 0 Å². The van der Waals surface area contributed by atoms with Gasteiger partial charge in [0.05, 0.1) is 4.92 Å². The van der Waals surface area contributed by atoms with Crippen LogP contribution in [0.2, 0.25) is 0 Å². The maximum absolute atomic E-state index is 11.0. The molecule has 7 heteroatoms. The minimum Gasteiger partial charge on any atom is -0.329 e. The van der Waals surface area contributed by atoms with Crippen molar-refractivity contribution in [2.75, 3.05) is 0 Å². The summed E-state index contributed by atoms with van der Waals surface area (Å²) in [5.74, 6) is 0. The van der Waals surface area contributed by atoms with Crippen molar-refractivity contribution in [2.45, 2.75) is 10.1 Å². The predicted octanol–water partition coefficient (Wildman–Crippen LogP) is 2.29. The third kappa shape index (κ3) is 2.40. The molecule has 1 aromatic heterocycles. The molecule has 0 unspecified atom stereocenters. The van der Waals surface area contributed by atoms with Gasteiger partial charge in [-0.25, -0.2) is 4.98 Å². The Balaban J connectivity index is 2.36. The van der Waals surface area contributed by atoms with Gasteiger partial charge in [0.1, 0.15) is 0 Å². The minimum absolute atomic E-state index is 0.0960. The summed E-state index contributed by atoms with van der Waals surface area (Å²) >= 11 is 1.29. The van der Waals surface area contributed by atoms with Crippen molar-refractivity contribution < 1.29 is 9.72 Å². The number of aldehydes is 1. The third-order valence-electron chi connectivity index (χ3n) is 2.31. The Morgan fingerprint density at radius 1 is 1.50 bits per heavy atom. The molecule has 0 aliphatic rings. The van der Waals surface area contributed by atoms with Crippen LogP contribution in [0.1, 0.15) is 10.4 Å². The zero-order chi connectivity index (χ0) is 13.1. The molecule has 0 amide bonds. The van der Waals surface area contributed by atoms with Gasteiger partial charge in [-0.05, 0) is 6.07 Å². The first-order valence-electron chi connectivity index (χ1n) is 5.00. The van der Waals surface area contributed by atoms with Crippen LogP contribution < -0.4 is 0 Å². The number of non-ortho nitro benzene ring substituents is 1. The molecule has 0 N–H and O–H groups in total. The van der Waals surface area contributed by atoms with Crippen LogP contribution in [0.15, 0.2) is 40.6 Å². The second kappa shape index (κ2) is 5.01. The zero-order valence-corrected chi connectivity index (χ0v) is 10.3. The summed E-state index contributed by atoms with van der Waals surface area (Å²) in [6, 6.07) is 4.19. The van der Waals surface area contributed by atoms with E-state index in [1.165, 1.54) is 23.9 Å². The summed E-state index contributed by atoms with van der Waals surface area (Å²) in [5, 5.41) is 11.3. The Morgan fingerprint density at radius 2 is 2.28 bits per heavy atom. The van der Waals surface area contributed by atoms with E-state index in [2.05, 4.69) is 4.98 Å². The van der Waals surface area contributed by atoms with Gasteiger partial charge in [0.15, 0.2) is 11.4 Å². The number of benzene rings is 1. The smallest absolute Gasteiger partial charge is 0.270 e. The van der Waals surface area contributed by atoms with E-state index in [9.17, 15) is 14.9 Å². The van der Waals surface area contributed by atoms with Crippen molar-refractivity contribution >= 4 is 23.7 Å². The maximum Gasteiger partial charge on any atom is 0.270 e. The van der Waals surface area contributed by atoms with E-state index in [0.29, 0.717) is 16.3 Å². The molecular formula is C11H9N3O3S. The average Bonchev–Trinajstić information content (AvgIpc) is 2.75. The number of imidazole rings is 1. The van der Waals surface area contributed by atoms with Gasteiger partial charge in [-0.2, -0.15) is 0 Å². The fourth-order valence-corrected chi connectivity index (χ4v) is 2.26. The number of hydrogen-bond acceptors (Lipinski definition) is 5. The Kier molecular flexibility index (Phi) is 3.42. The number of carbonyl (C=O) groups excluding carboxylic acids is 1. The largest absolute Gasteiger partial charge is 0.329 e. The second-order valence-corrected chi connectivity index (χ2v) is 4.53. The van der Waals surface area contributed by atoms with Crippen molar-refractivity contribution in [3.63, 3.8) is 0 Å². The zero-order valence-electron chi connectivity index (χ0n) is 9.44. The summed E-state index contributed by atoms with van der Waals surface area (Å²) in [6.45, 7) is 0. The normalized spacial score (nSPS) is 10.3. The van der Waals surface area contributed by atoms with E-state index in [1.807, 2.05) is 7.05 Å². The SMILES string of the molecule is Cn1ccnc1Sc1ccc([N+](=O)[O-])cc1C=O. The first-order valence-corrected chi connectivity index (χ1v) is 5.82. The van der Waals surface area contributed by atoms with E-state index in [0.717, 1.165) is 0 Å². The number of nitro benzene ring substituents is 1. The molecule has 0 saturated carbocycles. The van der Waals surface area contributed by atoms with Crippen LogP contribution >= 0.6 is 11.8 Å². The summed E-state index contributed by atoms with van der Waals surface area (Å²) in [5.41, 5.74) is 0.193. The van der Waals surface area contributed by atoms with E-state index in [-0.39, 0.29) is 11.3 Å². The van der Waals surface area contributed by atoms with Crippen LogP contribution in [0, 0.1) is 10.1 Å². The predicted molar refractivity (Wildman–Crippen MR) is 65.8 cm³/mol. The minimum atomic E-state index is -0.526. The van der Waals surface area contributed by atoms with Gasteiger partial charge in [0, 0.05) is 42.0 Å². The van der Waals surface area contributed by atoms with Gasteiger partial charge in [0.25, 0.3) is 5.69 Å².